The number of nitrogens with one attached hydrogen (secondary N) is 1. The number of aromatic nitrogens is 3. The van der Waals surface area contributed by atoms with Gasteiger partial charge in [0.15, 0.2) is 5.69 Å². The molecule has 0 bridgehead atoms. The SMILES string of the molecule is CCc1c(C(F)(F)F)nn(CC(=O)N[C@@H](Cc2cc(F)cc(F)c2)c2ncccc2-c2ccc(F)c(C)c2)c1CC. The molecule has 216 valence electrons. The Balaban J connectivity index is 1.73. The zero-order chi connectivity index (χ0) is 29.9. The summed E-state index contributed by atoms with van der Waals surface area (Å²) in [5, 5.41) is 6.49. The quantitative estimate of drug-likeness (QED) is 0.221. The molecule has 0 spiro atoms. The molecular weight excluding hydrogens is 546 g/mol. The minimum Gasteiger partial charge on any atom is -0.346 e. The second kappa shape index (κ2) is 12.2. The number of benzene rings is 2. The Labute approximate surface area is 233 Å². The van der Waals surface area contributed by atoms with Gasteiger partial charge in [0.05, 0.1) is 11.7 Å². The van der Waals surface area contributed by atoms with E-state index in [-0.39, 0.29) is 30.4 Å². The molecule has 0 aliphatic carbocycles. The lowest BCUT2D eigenvalue weighted by Crippen LogP contribution is -2.34. The second-order valence-electron chi connectivity index (χ2n) is 9.64. The van der Waals surface area contributed by atoms with Crippen molar-refractivity contribution >= 4 is 5.91 Å². The maximum Gasteiger partial charge on any atom is 0.435 e. The minimum absolute atomic E-state index is 0.0262. The summed E-state index contributed by atoms with van der Waals surface area (Å²) in [4.78, 5) is 17.8. The minimum atomic E-state index is -4.68. The lowest BCUT2D eigenvalue weighted by atomic mass is 9.94. The molecule has 0 saturated carbocycles. The molecule has 1 amide bonds. The van der Waals surface area contributed by atoms with Crippen LogP contribution in [0.15, 0.2) is 54.7 Å². The molecule has 0 unspecified atom stereocenters. The number of pyridine rings is 1. The van der Waals surface area contributed by atoms with Gasteiger partial charge >= 0.3 is 6.18 Å². The smallest absolute Gasteiger partial charge is 0.346 e. The third kappa shape index (κ3) is 6.78. The number of amides is 1. The van der Waals surface area contributed by atoms with E-state index in [0.29, 0.717) is 28.1 Å². The predicted molar refractivity (Wildman–Crippen MR) is 141 cm³/mol. The van der Waals surface area contributed by atoms with Crippen LogP contribution in [0.5, 0.6) is 0 Å². The highest BCUT2D eigenvalue weighted by Crippen LogP contribution is 2.34. The van der Waals surface area contributed by atoms with Gasteiger partial charge in [0.25, 0.3) is 0 Å². The first-order chi connectivity index (χ1) is 19.4. The van der Waals surface area contributed by atoms with Gasteiger partial charge in [-0.1, -0.05) is 26.0 Å². The van der Waals surface area contributed by atoms with E-state index < -0.39 is 47.8 Å². The number of rotatable bonds is 9. The van der Waals surface area contributed by atoms with Crippen LogP contribution in [0.4, 0.5) is 26.3 Å². The Kier molecular flexibility index (Phi) is 8.84. The molecule has 1 atom stereocenters. The van der Waals surface area contributed by atoms with Gasteiger partial charge in [-0.15, -0.1) is 0 Å². The van der Waals surface area contributed by atoms with Crippen LogP contribution in [0.2, 0.25) is 0 Å². The van der Waals surface area contributed by atoms with E-state index in [1.165, 1.54) is 12.3 Å². The van der Waals surface area contributed by atoms with Crippen LogP contribution in [0.1, 0.15) is 53.7 Å². The summed E-state index contributed by atoms with van der Waals surface area (Å²) < 4.78 is 84.0. The molecule has 4 rings (SSSR count). The van der Waals surface area contributed by atoms with Crippen LogP contribution in [-0.2, 0) is 36.8 Å². The molecule has 2 aromatic carbocycles. The largest absolute Gasteiger partial charge is 0.435 e. The average molecular weight is 575 g/mol. The first-order valence-corrected chi connectivity index (χ1v) is 13.0. The maximum absolute atomic E-state index is 14.0. The molecule has 0 fully saturated rings. The molecule has 2 aromatic heterocycles. The summed E-state index contributed by atoms with van der Waals surface area (Å²) in [6.07, 6.45) is -2.98. The van der Waals surface area contributed by atoms with E-state index in [0.717, 1.165) is 22.9 Å². The summed E-state index contributed by atoms with van der Waals surface area (Å²) in [7, 11) is 0. The van der Waals surface area contributed by atoms with Gasteiger partial charge in [0, 0.05) is 29.1 Å². The molecule has 0 aliphatic rings. The second-order valence-corrected chi connectivity index (χ2v) is 9.64. The van der Waals surface area contributed by atoms with Crippen LogP contribution in [0.3, 0.4) is 0 Å². The lowest BCUT2D eigenvalue weighted by molar-refractivity contribution is -0.142. The third-order valence-electron chi connectivity index (χ3n) is 6.75. The van der Waals surface area contributed by atoms with Crippen LogP contribution in [0, 0.1) is 24.4 Å². The Morgan fingerprint density at radius 2 is 1.71 bits per heavy atom. The van der Waals surface area contributed by atoms with Gasteiger partial charge in [0.1, 0.15) is 24.0 Å². The van der Waals surface area contributed by atoms with Gasteiger partial charge in [0.2, 0.25) is 5.91 Å². The fraction of sp³-hybridized carbons (Fsp3) is 0.300. The molecule has 1 N–H and O–H groups in total. The van der Waals surface area contributed by atoms with Gasteiger partial charge < -0.3 is 5.32 Å². The predicted octanol–water partition coefficient (Wildman–Crippen LogP) is 6.91. The van der Waals surface area contributed by atoms with Gasteiger partial charge in [-0.2, -0.15) is 18.3 Å². The van der Waals surface area contributed by atoms with Crippen molar-refractivity contribution in [1.82, 2.24) is 20.1 Å². The summed E-state index contributed by atoms with van der Waals surface area (Å²) in [6, 6.07) is 9.84. The highest BCUT2D eigenvalue weighted by molar-refractivity contribution is 5.77. The Morgan fingerprint density at radius 1 is 1.00 bits per heavy atom. The van der Waals surface area contributed by atoms with Crippen LogP contribution < -0.4 is 5.32 Å². The number of hydrogen-bond donors (Lipinski definition) is 1. The highest BCUT2D eigenvalue weighted by Gasteiger charge is 2.38. The molecule has 0 saturated heterocycles. The Morgan fingerprint density at radius 3 is 2.32 bits per heavy atom. The normalized spacial score (nSPS) is 12.4. The monoisotopic (exact) mass is 574 g/mol. The molecule has 0 radical (unpaired) electrons. The molecule has 2 heterocycles. The van der Waals surface area contributed by atoms with E-state index in [1.807, 2.05) is 0 Å². The molecule has 5 nitrogen and oxygen atoms in total. The summed E-state index contributed by atoms with van der Waals surface area (Å²) in [6.45, 7) is 4.34. The van der Waals surface area contributed by atoms with E-state index in [9.17, 15) is 31.1 Å². The highest BCUT2D eigenvalue weighted by atomic mass is 19.4. The summed E-state index contributed by atoms with van der Waals surface area (Å²) >= 11 is 0. The Hall–Kier alpha value is -4.15. The zero-order valence-corrected chi connectivity index (χ0v) is 22.6. The fourth-order valence-corrected chi connectivity index (χ4v) is 4.97. The molecule has 41 heavy (non-hydrogen) atoms. The fourth-order valence-electron chi connectivity index (χ4n) is 4.97. The van der Waals surface area contributed by atoms with E-state index in [1.54, 1.807) is 45.0 Å². The topological polar surface area (TPSA) is 59.8 Å². The van der Waals surface area contributed by atoms with Gasteiger partial charge in [-0.25, -0.2) is 13.2 Å². The van der Waals surface area contributed by atoms with Crippen molar-refractivity contribution in [3.8, 4) is 11.1 Å². The lowest BCUT2D eigenvalue weighted by Gasteiger charge is -2.22. The van der Waals surface area contributed by atoms with E-state index in [4.69, 9.17) is 0 Å². The van der Waals surface area contributed by atoms with Gasteiger partial charge in [-0.05, 0) is 73.2 Å². The number of hydrogen-bond acceptors (Lipinski definition) is 3. The third-order valence-corrected chi connectivity index (χ3v) is 6.75. The van der Waals surface area contributed by atoms with E-state index in [2.05, 4.69) is 15.4 Å². The van der Waals surface area contributed by atoms with Crippen molar-refractivity contribution in [1.29, 1.82) is 0 Å². The standard InChI is InChI=1S/C30H28F6N4O/c1-4-22-26(5-2)40(39-29(22)30(34,35)36)16-27(41)38-25(14-18-12-20(31)15-21(32)13-18)28-23(7-6-10-37-28)19-8-9-24(33)17(3)11-19/h6-13,15,25H,4-5,14,16H2,1-3H3,(H,38,41)/t25-/m0/s1. The number of alkyl halides is 3. The first kappa shape index (κ1) is 29.8. The van der Waals surface area contributed by atoms with Crippen molar-refractivity contribution < 1.29 is 31.1 Å². The number of aryl methyl sites for hydroxylation is 1. The number of carbonyl (C=O) groups is 1. The van der Waals surface area contributed by atoms with Crippen LogP contribution in [-0.4, -0.2) is 20.7 Å². The van der Waals surface area contributed by atoms with Crippen molar-refractivity contribution in [2.75, 3.05) is 0 Å². The Bertz CT molecular complexity index is 1540. The molecular formula is C30H28F6N4O. The molecule has 11 heteroatoms. The molecule has 0 aliphatic heterocycles. The van der Waals surface area contributed by atoms with Gasteiger partial charge in [-0.3, -0.25) is 14.5 Å². The number of halogens is 6. The van der Waals surface area contributed by atoms with Crippen LogP contribution in [0.25, 0.3) is 11.1 Å². The number of nitrogens with zero attached hydrogens (tertiary/aromatic N) is 3. The van der Waals surface area contributed by atoms with Crippen molar-refractivity contribution in [2.45, 2.75) is 58.8 Å². The van der Waals surface area contributed by atoms with E-state index >= 15 is 0 Å². The average Bonchev–Trinajstić information content (AvgIpc) is 3.27. The van der Waals surface area contributed by atoms with Crippen molar-refractivity contribution in [2.24, 2.45) is 0 Å². The van der Waals surface area contributed by atoms with Crippen LogP contribution >= 0.6 is 0 Å². The molecule has 4 aromatic rings. The van der Waals surface area contributed by atoms with Crippen molar-refractivity contribution in [3.63, 3.8) is 0 Å². The summed E-state index contributed by atoms with van der Waals surface area (Å²) in [5.74, 6) is -2.70. The maximum atomic E-state index is 14.0. The summed E-state index contributed by atoms with van der Waals surface area (Å²) in [5.41, 5.74) is 1.35. The zero-order valence-electron chi connectivity index (χ0n) is 22.6. The first-order valence-electron chi connectivity index (χ1n) is 13.0. The number of carbonyl (C=O) groups excluding carboxylic acids is 1. The van der Waals surface area contributed by atoms with Crippen molar-refractivity contribution in [3.05, 3.63) is 106 Å².